The van der Waals surface area contributed by atoms with Crippen molar-refractivity contribution >= 4 is 0 Å². The van der Waals surface area contributed by atoms with E-state index in [1.807, 2.05) is 24.1 Å². The summed E-state index contributed by atoms with van der Waals surface area (Å²) in [7, 11) is 1.93. The first-order valence-electron chi connectivity index (χ1n) is 4.91. The van der Waals surface area contributed by atoms with E-state index < -0.39 is 0 Å². The number of aliphatic hydroxyl groups is 1. The van der Waals surface area contributed by atoms with Crippen LogP contribution in [-0.4, -0.2) is 21.0 Å². The van der Waals surface area contributed by atoms with E-state index in [-0.39, 0.29) is 6.10 Å². The molecule has 2 unspecified atom stereocenters. The molecular formula is C10H16N2O. The Balaban J connectivity index is 1.97. The highest BCUT2D eigenvalue weighted by molar-refractivity contribution is 5.05. The normalized spacial score (nSPS) is 28.2. The van der Waals surface area contributed by atoms with E-state index in [4.69, 9.17) is 0 Å². The van der Waals surface area contributed by atoms with E-state index in [1.54, 1.807) is 0 Å². The van der Waals surface area contributed by atoms with Gasteiger partial charge in [0.2, 0.25) is 0 Å². The molecule has 0 aliphatic heterocycles. The number of aryl methyl sites for hydroxylation is 1. The molecule has 1 aliphatic rings. The van der Waals surface area contributed by atoms with Gasteiger partial charge in [0.15, 0.2) is 0 Å². The maximum absolute atomic E-state index is 9.63. The fourth-order valence-electron chi connectivity index (χ4n) is 2.14. The molecule has 0 saturated heterocycles. The van der Waals surface area contributed by atoms with E-state index in [2.05, 4.69) is 5.10 Å². The number of hydrogen-bond acceptors (Lipinski definition) is 2. The summed E-state index contributed by atoms with van der Waals surface area (Å²) < 4.78 is 1.82. The lowest BCUT2D eigenvalue weighted by Gasteiger charge is -2.12. The molecule has 1 heterocycles. The summed E-state index contributed by atoms with van der Waals surface area (Å²) in [4.78, 5) is 0. The van der Waals surface area contributed by atoms with Crippen molar-refractivity contribution in [3.05, 3.63) is 18.0 Å². The van der Waals surface area contributed by atoms with Crippen molar-refractivity contribution in [2.75, 3.05) is 0 Å². The van der Waals surface area contributed by atoms with Crippen LogP contribution in [-0.2, 0) is 13.5 Å². The minimum atomic E-state index is -0.0831. The predicted molar refractivity (Wildman–Crippen MR) is 50.3 cm³/mol. The van der Waals surface area contributed by atoms with Gasteiger partial charge in [0.25, 0.3) is 0 Å². The van der Waals surface area contributed by atoms with Gasteiger partial charge in [0, 0.05) is 13.2 Å². The van der Waals surface area contributed by atoms with Gasteiger partial charge in [-0.3, -0.25) is 4.68 Å². The third-order valence-electron chi connectivity index (χ3n) is 2.88. The summed E-state index contributed by atoms with van der Waals surface area (Å²) in [6.07, 6.45) is 8.14. The maximum Gasteiger partial charge on any atom is 0.0571 e. The summed E-state index contributed by atoms with van der Waals surface area (Å²) >= 11 is 0. The van der Waals surface area contributed by atoms with Crippen LogP contribution >= 0.6 is 0 Å². The fraction of sp³-hybridized carbons (Fsp3) is 0.700. The third-order valence-corrected chi connectivity index (χ3v) is 2.88. The Morgan fingerprint density at radius 1 is 1.62 bits per heavy atom. The molecule has 0 aromatic carbocycles. The SMILES string of the molecule is Cn1cc(CC2CCCC2O)cn1. The molecule has 13 heavy (non-hydrogen) atoms. The summed E-state index contributed by atoms with van der Waals surface area (Å²) in [6.45, 7) is 0. The van der Waals surface area contributed by atoms with Crippen LogP contribution in [0, 0.1) is 5.92 Å². The lowest BCUT2D eigenvalue weighted by molar-refractivity contribution is 0.132. The van der Waals surface area contributed by atoms with Gasteiger partial charge in [-0.05, 0) is 30.7 Å². The quantitative estimate of drug-likeness (QED) is 0.740. The van der Waals surface area contributed by atoms with Gasteiger partial charge in [-0.1, -0.05) is 6.42 Å². The molecule has 1 N–H and O–H groups in total. The standard InChI is InChI=1S/C10H16N2O/c1-12-7-8(6-11-12)5-9-3-2-4-10(9)13/h6-7,9-10,13H,2-5H2,1H3. The van der Waals surface area contributed by atoms with Crippen LogP contribution in [0.2, 0.25) is 0 Å². The molecule has 3 heteroatoms. The molecule has 0 amide bonds. The van der Waals surface area contributed by atoms with E-state index in [0.29, 0.717) is 5.92 Å². The van der Waals surface area contributed by atoms with Crippen LogP contribution in [0.3, 0.4) is 0 Å². The molecule has 2 rings (SSSR count). The Hall–Kier alpha value is -0.830. The molecule has 1 fully saturated rings. The van der Waals surface area contributed by atoms with Crippen LogP contribution < -0.4 is 0 Å². The van der Waals surface area contributed by atoms with Crippen molar-refractivity contribution in [3.63, 3.8) is 0 Å². The molecule has 2 atom stereocenters. The van der Waals surface area contributed by atoms with E-state index >= 15 is 0 Å². The summed E-state index contributed by atoms with van der Waals surface area (Å²) in [5.41, 5.74) is 1.24. The number of aliphatic hydroxyl groups excluding tert-OH is 1. The fourth-order valence-corrected chi connectivity index (χ4v) is 2.14. The zero-order valence-corrected chi connectivity index (χ0v) is 7.98. The largest absolute Gasteiger partial charge is 0.393 e. The predicted octanol–water partition coefficient (Wildman–Crippen LogP) is 1.12. The molecule has 1 aromatic rings. The minimum absolute atomic E-state index is 0.0831. The highest BCUT2D eigenvalue weighted by atomic mass is 16.3. The van der Waals surface area contributed by atoms with Gasteiger partial charge in [0.05, 0.1) is 12.3 Å². The zero-order chi connectivity index (χ0) is 9.26. The van der Waals surface area contributed by atoms with Crippen LogP contribution in [0.1, 0.15) is 24.8 Å². The Bertz CT molecular complexity index is 282. The molecule has 0 radical (unpaired) electrons. The molecule has 1 aromatic heterocycles. The van der Waals surface area contributed by atoms with Crippen molar-refractivity contribution in [2.24, 2.45) is 13.0 Å². The Morgan fingerprint density at radius 2 is 2.46 bits per heavy atom. The molecule has 1 saturated carbocycles. The molecule has 0 spiro atoms. The third kappa shape index (κ3) is 1.91. The minimum Gasteiger partial charge on any atom is -0.393 e. The zero-order valence-electron chi connectivity index (χ0n) is 7.98. The number of hydrogen-bond donors (Lipinski definition) is 1. The monoisotopic (exact) mass is 180 g/mol. The van der Waals surface area contributed by atoms with E-state index in [0.717, 1.165) is 19.3 Å². The Labute approximate surface area is 78.4 Å². The second-order valence-electron chi connectivity index (χ2n) is 3.98. The molecular weight excluding hydrogens is 164 g/mol. The molecule has 72 valence electrons. The first-order valence-corrected chi connectivity index (χ1v) is 4.91. The first-order chi connectivity index (χ1) is 6.25. The lowest BCUT2D eigenvalue weighted by atomic mass is 9.98. The highest BCUT2D eigenvalue weighted by Gasteiger charge is 2.25. The number of aromatic nitrogens is 2. The Morgan fingerprint density at radius 3 is 3.00 bits per heavy atom. The molecule has 0 bridgehead atoms. The second kappa shape index (κ2) is 3.50. The van der Waals surface area contributed by atoms with Gasteiger partial charge >= 0.3 is 0 Å². The summed E-state index contributed by atoms with van der Waals surface area (Å²) in [6, 6.07) is 0. The number of rotatable bonds is 2. The second-order valence-corrected chi connectivity index (χ2v) is 3.98. The first kappa shape index (κ1) is 8.75. The summed E-state index contributed by atoms with van der Waals surface area (Å²) in [5.74, 6) is 0.462. The highest BCUT2D eigenvalue weighted by Crippen LogP contribution is 2.28. The average Bonchev–Trinajstić information content (AvgIpc) is 2.64. The summed E-state index contributed by atoms with van der Waals surface area (Å²) in [5, 5.41) is 13.7. The lowest BCUT2D eigenvalue weighted by Crippen LogP contribution is -2.15. The van der Waals surface area contributed by atoms with Crippen molar-refractivity contribution < 1.29 is 5.11 Å². The van der Waals surface area contributed by atoms with Gasteiger partial charge in [-0.2, -0.15) is 5.10 Å². The van der Waals surface area contributed by atoms with Crippen LogP contribution in [0.4, 0.5) is 0 Å². The van der Waals surface area contributed by atoms with Gasteiger partial charge in [-0.25, -0.2) is 0 Å². The van der Waals surface area contributed by atoms with Crippen LogP contribution in [0.15, 0.2) is 12.4 Å². The van der Waals surface area contributed by atoms with Gasteiger partial charge in [0.1, 0.15) is 0 Å². The maximum atomic E-state index is 9.63. The topological polar surface area (TPSA) is 38.0 Å². The van der Waals surface area contributed by atoms with Crippen molar-refractivity contribution in [1.29, 1.82) is 0 Å². The van der Waals surface area contributed by atoms with Crippen LogP contribution in [0.25, 0.3) is 0 Å². The Kier molecular flexibility index (Phi) is 2.36. The van der Waals surface area contributed by atoms with Crippen molar-refractivity contribution in [1.82, 2.24) is 9.78 Å². The van der Waals surface area contributed by atoms with Crippen molar-refractivity contribution in [2.45, 2.75) is 31.8 Å². The van der Waals surface area contributed by atoms with Crippen molar-refractivity contribution in [3.8, 4) is 0 Å². The van der Waals surface area contributed by atoms with Gasteiger partial charge in [-0.15, -0.1) is 0 Å². The van der Waals surface area contributed by atoms with Gasteiger partial charge < -0.3 is 5.11 Å². The van der Waals surface area contributed by atoms with E-state index in [1.165, 1.54) is 12.0 Å². The number of nitrogens with zero attached hydrogens (tertiary/aromatic N) is 2. The molecule has 1 aliphatic carbocycles. The molecule has 3 nitrogen and oxygen atoms in total. The smallest absolute Gasteiger partial charge is 0.0571 e. The average molecular weight is 180 g/mol. The van der Waals surface area contributed by atoms with E-state index in [9.17, 15) is 5.11 Å². The van der Waals surface area contributed by atoms with Crippen LogP contribution in [0.5, 0.6) is 0 Å².